The first-order chi connectivity index (χ1) is 7.74. The van der Waals surface area contributed by atoms with Crippen molar-refractivity contribution >= 4 is 6.29 Å². The van der Waals surface area contributed by atoms with Crippen molar-refractivity contribution in [1.29, 1.82) is 0 Å². The molecule has 3 heteroatoms. The number of hydrogen-bond donors (Lipinski definition) is 0. The van der Waals surface area contributed by atoms with E-state index in [4.69, 9.17) is 9.15 Å². The van der Waals surface area contributed by atoms with Crippen LogP contribution in [0.4, 0.5) is 0 Å². The van der Waals surface area contributed by atoms with Gasteiger partial charge in [0.05, 0.1) is 12.7 Å². The van der Waals surface area contributed by atoms with Gasteiger partial charge in [-0.05, 0) is 37.3 Å². The zero-order chi connectivity index (χ0) is 11.5. The summed E-state index contributed by atoms with van der Waals surface area (Å²) in [7, 11) is 1.59. The molecule has 0 unspecified atom stereocenters. The number of benzene rings is 1. The Kier molecular flexibility index (Phi) is 2.77. The molecular formula is C13H12O3. The quantitative estimate of drug-likeness (QED) is 0.740. The smallest absolute Gasteiger partial charge is 0.150 e. The molecular weight excluding hydrogens is 204 g/mol. The largest absolute Gasteiger partial charge is 0.496 e. The minimum atomic E-state index is 0.602. The Balaban J connectivity index is 2.56. The van der Waals surface area contributed by atoms with Crippen molar-refractivity contribution < 1.29 is 13.9 Å². The second kappa shape index (κ2) is 4.23. The van der Waals surface area contributed by atoms with E-state index >= 15 is 0 Å². The van der Waals surface area contributed by atoms with Gasteiger partial charge in [0.1, 0.15) is 23.6 Å². The summed E-state index contributed by atoms with van der Waals surface area (Å²) < 4.78 is 10.7. The highest BCUT2D eigenvalue weighted by atomic mass is 16.5. The lowest BCUT2D eigenvalue weighted by Gasteiger charge is -2.06. The second-order valence-corrected chi connectivity index (χ2v) is 3.49. The highest BCUT2D eigenvalue weighted by Gasteiger charge is 2.10. The first-order valence-electron chi connectivity index (χ1n) is 4.94. The fourth-order valence-electron chi connectivity index (χ4n) is 1.57. The van der Waals surface area contributed by atoms with Crippen molar-refractivity contribution in [3.05, 3.63) is 41.7 Å². The molecule has 3 nitrogen and oxygen atoms in total. The summed E-state index contributed by atoms with van der Waals surface area (Å²) in [6.07, 6.45) is 0.804. The molecule has 0 bridgehead atoms. The zero-order valence-electron chi connectivity index (χ0n) is 9.19. The predicted octanol–water partition coefficient (Wildman–Crippen LogP) is 3.08. The molecule has 1 heterocycles. The molecule has 0 atom stereocenters. The Bertz CT molecular complexity index is 512. The van der Waals surface area contributed by atoms with E-state index in [0.717, 1.165) is 17.6 Å². The lowest BCUT2D eigenvalue weighted by Crippen LogP contribution is -1.89. The van der Waals surface area contributed by atoms with Crippen LogP contribution in [-0.4, -0.2) is 13.4 Å². The van der Waals surface area contributed by atoms with Crippen LogP contribution in [0.1, 0.15) is 16.1 Å². The van der Waals surface area contributed by atoms with E-state index in [1.807, 2.05) is 19.1 Å². The standard InChI is InChI=1S/C13H12O3/c1-9-3-5-13(16-9)11-7-10(8-14)4-6-12(11)15-2/h3-8H,1-2H3. The van der Waals surface area contributed by atoms with E-state index in [1.54, 1.807) is 25.3 Å². The molecule has 2 aromatic rings. The van der Waals surface area contributed by atoms with Crippen LogP contribution in [0.2, 0.25) is 0 Å². The maximum absolute atomic E-state index is 10.7. The number of hydrogen-bond acceptors (Lipinski definition) is 3. The first-order valence-corrected chi connectivity index (χ1v) is 4.94. The van der Waals surface area contributed by atoms with Crippen molar-refractivity contribution in [2.24, 2.45) is 0 Å². The van der Waals surface area contributed by atoms with Gasteiger partial charge < -0.3 is 9.15 Å². The molecule has 1 aromatic heterocycles. The summed E-state index contributed by atoms with van der Waals surface area (Å²) in [4.78, 5) is 10.7. The molecule has 0 saturated heterocycles. The number of furan rings is 1. The molecule has 0 aliphatic rings. The van der Waals surface area contributed by atoms with Crippen molar-refractivity contribution in [3.63, 3.8) is 0 Å². The van der Waals surface area contributed by atoms with E-state index in [-0.39, 0.29) is 0 Å². The lowest BCUT2D eigenvalue weighted by molar-refractivity contribution is 0.112. The third-order valence-corrected chi connectivity index (χ3v) is 2.37. The molecule has 0 radical (unpaired) electrons. The van der Waals surface area contributed by atoms with Crippen LogP contribution >= 0.6 is 0 Å². The van der Waals surface area contributed by atoms with Crippen molar-refractivity contribution in [3.8, 4) is 17.1 Å². The lowest BCUT2D eigenvalue weighted by atomic mass is 10.1. The van der Waals surface area contributed by atoms with Gasteiger partial charge in [-0.25, -0.2) is 0 Å². The van der Waals surface area contributed by atoms with Crippen molar-refractivity contribution in [2.75, 3.05) is 7.11 Å². The Morgan fingerprint density at radius 3 is 2.62 bits per heavy atom. The van der Waals surface area contributed by atoms with Gasteiger partial charge in [-0.3, -0.25) is 4.79 Å². The maximum atomic E-state index is 10.7. The van der Waals surface area contributed by atoms with Gasteiger partial charge in [-0.15, -0.1) is 0 Å². The monoisotopic (exact) mass is 216 g/mol. The van der Waals surface area contributed by atoms with Gasteiger partial charge in [0, 0.05) is 5.56 Å². The van der Waals surface area contributed by atoms with E-state index in [0.29, 0.717) is 17.1 Å². The number of aryl methyl sites for hydroxylation is 1. The highest BCUT2D eigenvalue weighted by molar-refractivity contribution is 5.80. The zero-order valence-corrected chi connectivity index (χ0v) is 9.19. The van der Waals surface area contributed by atoms with E-state index < -0.39 is 0 Å². The second-order valence-electron chi connectivity index (χ2n) is 3.49. The third kappa shape index (κ3) is 1.84. The number of rotatable bonds is 3. The van der Waals surface area contributed by atoms with Crippen LogP contribution in [-0.2, 0) is 0 Å². The van der Waals surface area contributed by atoms with Gasteiger partial charge in [-0.1, -0.05) is 0 Å². The summed E-state index contributed by atoms with van der Waals surface area (Å²) >= 11 is 0. The average molecular weight is 216 g/mol. The fraction of sp³-hybridized carbons (Fsp3) is 0.154. The molecule has 82 valence electrons. The van der Waals surface area contributed by atoms with E-state index in [9.17, 15) is 4.79 Å². The summed E-state index contributed by atoms with van der Waals surface area (Å²) in [6, 6.07) is 8.97. The topological polar surface area (TPSA) is 39.4 Å². The Hall–Kier alpha value is -2.03. The number of ether oxygens (including phenoxy) is 1. The molecule has 0 aliphatic heterocycles. The van der Waals surface area contributed by atoms with Gasteiger partial charge in [0.25, 0.3) is 0 Å². The summed E-state index contributed by atoms with van der Waals surface area (Å²) in [5.74, 6) is 2.23. The van der Waals surface area contributed by atoms with E-state index in [2.05, 4.69) is 0 Å². The normalized spacial score (nSPS) is 10.1. The van der Waals surface area contributed by atoms with E-state index in [1.165, 1.54) is 0 Å². The van der Waals surface area contributed by atoms with Crippen LogP contribution in [0.5, 0.6) is 5.75 Å². The number of methoxy groups -OCH3 is 1. The maximum Gasteiger partial charge on any atom is 0.150 e. The molecule has 0 amide bonds. The molecule has 16 heavy (non-hydrogen) atoms. The van der Waals surface area contributed by atoms with Gasteiger partial charge >= 0.3 is 0 Å². The fourth-order valence-corrected chi connectivity index (χ4v) is 1.57. The minimum absolute atomic E-state index is 0.602. The Morgan fingerprint density at radius 1 is 1.25 bits per heavy atom. The van der Waals surface area contributed by atoms with Crippen LogP contribution in [0, 0.1) is 6.92 Å². The molecule has 0 spiro atoms. The average Bonchev–Trinajstić information content (AvgIpc) is 2.75. The minimum Gasteiger partial charge on any atom is -0.496 e. The Morgan fingerprint density at radius 2 is 2.06 bits per heavy atom. The highest BCUT2D eigenvalue weighted by Crippen LogP contribution is 2.31. The van der Waals surface area contributed by atoms with Crippen LogP contribution in [0.25, 0.3) is 11.3 Å². The SMILES string of the molecule is COc1ccc(C=O)cc1-c1ccc(C)o1. The predicted molar refractivity (Wildman–Crippen MR) is 60.8 cm³/mol. The number of carbonyl (C=O) groups excluding carboxylic acids is 1. The van der Waals surface area contributed by atoms with Crippen molar-refractivity contribution in [2.45, 2.75) is 6.92 Å². The third-order valence-electron chi connectivity index (χ3n) is 2.37. The summed E-state index contributed by atoms with van der Waals surface area (Å²) in [5.41, 5.74) is 1.39. The summed E-state index contributed by atoms with van der Waals surface area (Å²) in [6.45, 7) is 1.87. The molecule has 2 rings (SSSR count). The molecule has 0 N–H and O–H groups in total. The summed E-state index contributed by atoms with van der Waals surface area (Å²) in [5, 5.41) is 0. The number of carbonyl (C=O) groups is 1. The number of aldehydes is 1. The van der Waals surface area contributed by atoms with Gasteiger partial charge in [0.2, 0.25) is 0 Å². The Labute approximate surface area is 93.7 Å². The molecule has 0 aliphatic carbocycles. The van der Waals surface area contributed by atoms with Crippen LogP contribution < -0.4 is 4.74 Å². The molecule has 0 fully saturated rings. The molecule has 1 aromatic carbocycles. The van der Waals surface area contributed by atoms with Gasteiger partial charge in [-0.2, -0.15) is 0 Å². The van der Waals surface area contributed by atoms with Crippen molar-refractivity contribution in [1.82, 2.24) is 0 Å². The van der Waals surface area contributed by atoms with Gasteiger partial charge in [0.15, 0.2) is 0 Å². The van der Waals surface area contributed by atoms with Crippen LogP contribution in [0.3, 0.4) is 0 Å². The first kappa shape index (κ1) is 10.5. The molecule has 0 saturated carbocycles. The van der Waals surface area contributed by atoms with Crippen LogP contribution in [0.15, 0.2) is 34.7 Å².